The molecule has 2 aliphatic rings. The van der Waals surface area contributed by atoms with Gasteiger partial charge in [-0.15, -0.1) is 0 Å². The summed E-state index contributed by atoms with van der Waals surface area (Å²) in [6.45, 7) is 3.91. The molecule has 0 aromatic heterocycles. The maximum absolute atomic E-state index is 12.2. The van der Waals surface area contributed by atoms with Crippen LogP contribution in [0.25, 0.3) is 0 Å². The minimum Gasteiger partial charge on any atom is -0.489 e. The minimum absolute atomic E-state index is 0.0816. The van der Waals surface area contributed by atoms with Crippen molar-refractivity contribution in [2.75, 3.05) is 5.32 Å². The summed E-state index contributed by atoms with van der Waals surface area (Å²) in [6.07, 6.45) is 3.52. The molecule has 2 unspecified atom stereocenters. The molecule has 1 aromatic rings. The number of hydrogen-bond donors (Lipinski definition) is 1. The summed E-state index contributed by atoms with van der Waals surface area (Å²) in [5.74, 6) is 2.60. The van der Waals surface area contributed by atoms with Crippen LogP contribution >= 0.6 is 11.6 Å². The molecule has 0 radical (unpaired) electrons. The summed E-state index contributed by atoms with van der Waals surface area (Å²) in [7, 11) is 0. The van der Waals surface area contributed by atoms with Gasteiger partial charge in [-0.25, -0.2) is 0 Å². The molecule has 1 amide bonds. The van der Waals surface area contributed by atoms with Crippen molar-refractivity contribution in [3.8, 4) is 5.75 Å². The molecule has 2 fully saturated rings. The van der Waals surface area contributed by atoms with Crippen LogP contribution in [0.5, 0.6) is 5.75 Å². The summed E-state index contributed by atoms with van der Waals surface area (Å²) in [5, 5.41) is 3.50. The second-order valence-corrected chi connectivity index (χ2v) is 6.63. The molecule has 2 aliphatic carbocycles. The van der Waals surface area contributed by atoms with Crippen molar-refractivity contribution in [2.45, 2.75) is 39.2 Å². The standard InChI is InChI=1S/C16H20ClNO2/c1-9(2)20-15-4-3-13(8-14(15)17)18-16(19)12-6-10-5-11(10)7-12/h3-4,8-12H,5-7H2,1-2H3,(H,18,19). The topological polar surface area (TPSA) is 38.3 Å². The number of anilines is 1. The number of fused-ring (bicyclic) bond motifs is 1. The van der Waals surface area contributed by atoms with Gasteiger partial charge in [-0.1, -0.05) is 11.6 Å². The third-order valence-electron chi connectivity index (χ3n) is 4.18. The average Bonchev–Trinajstić information content (AvgIpc) is 2.99. The Morgan fingerprint density at radius 1 is 1.30 bits per heavy atom. The number of hydrogen-bond acceptors (Lipinski definition) is 2. The van der Waals surface area contributed by atoms with Crippen LogP contribution in [0.4, 0.5) is 5.69 Å². The van der Waals surface area contributed by atoms with Gasteiger partial charge in [-0.3, -0.25) is 4.79 Å². The normalized spacial score (nSPS) is 27.3. The van der Waals surface area contributed by atoms with E-state index in [1.165, 1.54) is 6.42 Å². The number of amides is 1. The van der Waals surface area contributed by atoms with Gasteiger partial charge in [-0.2, -0.15) is 0 Å². The molecule has 0 bridgehead atoms. The van der Waals surface area contributed by atoms with Crippen LogP contribution in [-0.4, -0.2) is 12.0 Å². The van der Waals surface area contributed by atoms with Crippen molar-refractivity contribution in [2.24, 2.45) is 17.8 Å². The molecular formula is C16H20ClNO2. The molecule has 3 rings (SSSR count). The van der Waals surface area contributed by atoms with Crippen LogP contribution < -0.4 is 10.1 Å². The fourth-order valence-electron chi connectivity index (χ4n) is 3.10. The molecule has 1 N–H and O–H groups in total. The molecule has 4 heteroatoms. The van der Waals surface area contributed by atoms with E-state index in [4.69, 9.17) is 16.3 Å². The first kappa shape index (κ1) is 13.7. The molecule has 2 saturated carbocycles. The summed E-state index contributed by atoms with van der Waals surface area (Å²) in [6, 6.07) is 5.41. The fourth-order valence-corrected chi connectivity index (χ4v) is 3.33. The van der Waals surface area contributed by atoms with Crippen LogP contribution in [0.15, 0.2) is 18.2 Å². The van der Waals surface area contributed by atoms with E-state index in [2.05, 4.69) is 5.32 Å². The average molecular weight is 294 g/mol. The quantitative estimate of drug-likeness (QED) is 0.907. The molecule has 3 nitrogen and oxygen atoms in total. The Labute approximate surface area is 124 Å². The molecule has 108 valence electrons. The van der Waals surface area contributed by atoms with E-state index >= 15 is 0 Å². The van der Waals surface area contributed by atoms with Crippen molar-refractivity contribution >= 4 is 23.2 Å². The van der Waals surface area contributed by atoms with Gasteiger partial charge in [0.15, 0.2) is 0 Å². The summed E-state index contributed by atoms with van der Waals surface area (Å²) < 4.78 is 5.58. The lowest BCUT2D eigenvalue weighted by atomic mass is 10.0. The monoisotopic (exact) mass is 293 g/mol. The number of nitrogens with one attached hydrogen (secondary N) is 1. The summed E-state index contributed by atoms with van der Waals surface area (Å²) >= 11 is 6.17. The Bertz CT molecular complexity index is 519. The van der Waals surface area contributed by atoms with Crippen molar-refractivity contribution in [3.63, 3.8) is 0 Å². The van der Waals surface area contributed by atoms with Crippen LogP contribution in [0.2, 0.25) is 5.02 Å². The predicted molar refractivity (Wildman–Crippen MR) is 80.2 cm³/mol. The third kappa shape index (κ3) is 2.93. The van der Waals surface area contributed by atoms with Crippen molar-refractivity contribution in [3.05, 3.63) is 23.2 Å². The molecule has 0 spiro atoms. The third-order valence-corrected chi connectivity index (χ3v) is 4.47. The smallest absolute Gasteiger partial charge is 0.227 e. The Morgan fingerprint density at radius 2 is 2.00 bits per heavy atom. The first-order valence-electron chi connectivity index (χ1n) is 7.30. The fraction of sp³-hybridized carbons (Fsp3) is 0.562. The van der Waals surface area contributed by atoms with E-state index in [1.54, 1.807) is 6.07 Å². The zero-order valence-electron chi connectivity index (χ0n) is 11.9. The van der Waals surface area contributed by atoms with Crippen molar-refractivity contribution in [1.82, 2.24) is 0 Å². The number of rotatable bonds is 4. The maximum atomic E-state index is 12.2. The van der Waals surface area contributed by atoms with Gasteiger partial charge in [0.1, 0.15) is 5.75 Å². The lowest BCUT2D eigenvalue weighted by Gasteiger charge is -2.15. The van der Waals surface area contributed by atoms with Gasteiger partial charge < -0.3 is 10.1 Å². The highest BCUT2D eigenvalue weighted by Crippen LogP contribution is 2.54. The number of benzene rings is 1. The zero-order valence-corrected chi connectivity index (χ0v) is 12.6. The SMILES string of the molecule is CC(C)Oc1ccc(NC(=O)C2CC3CC3C2)cc1Cl. The second-order valence-electron chi connectivity index (χ2n) is 6.23. The number of ether oxygens (including phenoxy) is 1. The zero-order chi connectivity index (χ0) is 14.3. The summed E-state index contributed by atoms with van der Waals surface area (Å²) in [5.41, 5.74) is 0.747. The van der Waals surface area contributed by atoms with E-state index in [0.29, 0.717) is 10.8 Å². The van der Waals surface area contributed by atoms with E-state index in [0.717, 1.165) is 30.4 Å². The van der Waals surface area contributed by atoms with Crippen LogP contribution in [0.1, 0.15) is 33.1 Å². The minimum atomic E-state index is 0.0816. The highest BCUT2D eigenvalue weighted by molar-refractivity contribution is 6.32. The predicted octanol–water partition coefficient (Wildman–Crippen LogP) is 4.11. The van der Waals surface area contributed by atoms with E-state index in [1.807, 2.05) is 26.0 Å². The highest BCUT2D eigenvalue weighted by Gasteiger charge is 2.47. The molecule has 2 atom stereocenters. The first-order chi connectivity index (χ1) is 9.52. The molecule has 0 heterocycles. The maximum Gasteiger partial charge on any atom is 0.227 e. The van der Waals surface area contributed by atoms with E-state index in [9.17, 15) is 4.79 Å². The van der Waals surface area contributed by atoms with Gasteiger partial charge in [0.2, 0.25) is 5.91 Å². The second kappa shape index (κ2) is 5.28. The van der Waals surface area contributed by atoms with Crippen LogP contribution in [0.3, 0.4) is 0 Å². The molecular weight excluding hydrogens is 274 g/mol. The molecule has 20 heavy (non-hydrogen) atoms. The Hall–Kier alpha value is -1.22. The van der Waals surface area contributed by atoms with Crippen molar-refractivity contribution < 1.29 is 9.53 Å². The van der Waals surface area contributed by atoms with Crippen LogP contribution in [0, 0.1) is 17.8 Å². The van der Waals surface area contributed by atoms with Gasteiger partial charge in [0.25, 0.3) is 0 Å². The number of halogens is 1. The first-order valence-corrected chi connectivity index (χ1v) is 7.68. The lowest BCUT2D eigenvalue weighted by molar-refractivity contribution is -0.120. The van der Waals surface area contributed by atoms with Crippen LogP contribution in [-0.2, 0) is 4.79 Å². The van der Waals surface area contributed by atoms with E-state index < -0.39 is 0 Å². The molecule has 0 aliphatic heterocycles. The molecule has 0 saturated heterocycles. The van der Waals surface area contributed by atoms with Crippen molar-refractivity contribution in [1.29, 1.82) is 0 Å². The van der Waals surface area contributed by atoms with Gasteiger partial charge in [0, 0.05) is 11.6 Å². The van der Waals surface area contributed by atoms with Gasteiger partial charge >= 0.3 is 0 Å². The molecule has 1 aromatic carbocycles. The Kier molecular flexibility index (Phi) is 3.63. The lowest BCUT2D eigenvalue weighted by Crippen LogP contribution is -2.21. The van der Waals surface area contributed by atoms with Gasteiger partial charge in [0.05, 0.1) is 11.1 Å². The number of carbonyl (C=O) groups is 1. The highest BCUT2D eigenvalue weighted by atomic mass is 35.5. The summed E-state index contributed by atoms with van der Waals surface area (Å²) in [4.78, 5) is 12.2. The van der Waals surface area contributed by atoms with E-state index in [-0.39, 0.29) is 17.9 Å². The largest absolute Gasteiger partial charge is 0.489 e. The van der Waals surface area contributed by atoms with Gasteiger partial charge in [-0.05, 0) is 63.1 Å². The Morgan fingerprint density at radius 3 is 2.60 bits per heavy atom. The Balaban J connectivity index is 1.62. The number of carbonyl (C=O) groups excluding carboxylic acids is 1.